The molecular formula is C13H18F2N2. The van der Waals surface area contributed by atoms with Crippen LogP contribution in [0, 0.1) is 6.92 Å². The molecule has 1 aliphatic heterocycles. The van der Waals surface area contributed by atoms with Crippen LogP contribution < -0.4 is 5.32 Å². The van der Waals surface area contributed by atoms with E-state index in [1.807, 2.05) is 11.8 Å². The third-order valence-corrected chi connectivity index (χ3v) is 3.11. The molecule has 0 spiro atoms. The van der Waals surface area contributed by atoms with E-state index in [1.165, 1.54) is 12.1 Å². The van der Waals surface area contributed by atoms with E-state index in [0.717, 1.165) is 18.7 Å². The van der Waals surface area contributed by atoms with E-state index in [9.17, 15) is 8.78 Å². The Morgan fingerprint density at radius 3 is 2.35 bits per heavy atom. The van der Waals surface area contributed by atoms with Gasteiger partial charge in [0, 0.05) is 31.7 Å². The predicted octanol–water partition coefficient (Wildman–Crippen LogP) is 1.99. The van der Waals surface area contributed by atoms with Crippen molar-refractivity contribution in [1.29, 1.82) is 0 Å². The van der Waals surface area contributed by atoms with Gasteiger partial charge >= 0.3 is 0 Å². The van der Waals surface area contributed by atoms with Crippen LogP contribution in [0.5, 0.6) is 0 Å². The Balaban J connectivity index is 2.04. The third kappa shape index (κ3) is 3.23. The molecule has 0 aliphatic carbocycles. The molecule has 1 fully saturated rings. The quantitative estimate of drug-likeness (QED) is 0.869. The number of hydrogen-bond donors (Lipinski definition) is 1. The second-order valence-corrected chi connectivity index (χ2v) is 4.60. The first-order valence-electron chi connectivity index (χ1n) is 5.96. The largest absolute Gasteiger partial charge is 0.314 e. The molecule has 1 aromatic carbocycles. The van der Waals surface area contributed by atoms with Crippen molar-refractivity contribution in [2.24, 2.45) is 0 Å². The van der Waals surface area contributed by atoms with Crippen LogP contribution >= 0.6 is 0 Å². The number of nitrogens with zero attached hydrogens (tertiary/aromatic N) is 1. The van der Waals surface area contributed by atoms with Crippen molar-refractivity contribution in [1.82, 2.24) is 10.2 Å². The van der Waals surface area contributed by atoms with Gasteiger partial charge in [0.25, 0.3) is 5.92 Å². The summed E-state index contributed by atoms with van der Waals surface area (Å²) in [6, 6.07) is 6.52. The zero-order chi connectivity index (χ0) is 12.3. The molecule has 2 rings (SSSR count). The molecule has 1 N–H and O–H groups in total. The molecule has 94 valence electrons. The Labute approximate surface area is 101 Å². The highest BCUT2D eigenvalue weighted by molar-refractivity contribution is 5.25. The fraction of sp³-hybridized carbons (Fsp3) is 0.538. The number of rotatable bonds is 3. The number of aryl methyl sites for hydroxylation is 1. The maximum Gasteiger partial charge on any atom is 0.285 e. The Kier molecular flexibility index (Phi) is 3.74. The van der Waals surface area contributed by atoms with Crippen LogP contribution in [0.15, 0.2) is 24.3 Å². The van der Waals surface area contributed by atoms with Crippen LogP contribution in [0.1, 0.15) is 11.1 Å². The van der Waals surface area contributed by atoms with Gasteiger partial charge in [-0.3, -0.25) is 4.90 Å². The van der Waals surface area contributed by atoms with Gasteiger partial charge in [-0.05, 0) is 6.92 Å². The summed E-state index contributed by atoms with van der Waals surface area (Å²) in [5.74, 6) is -2.76. The highest BCUT2D eigenvalue weighted by Gasteiger charge is 2.34. The molecule has 0 radical (unpaired) electrons. The molecule has 17 heavy (non-hydrogen) atoms. The van der Waals surface area contributed by atoms with Gasteiger partial charge in [-0.15, -0.1) is 0 Å². The second-order valence-electron chi connectivity index (χ2n) is 4.60. The van der Waals surface area contributed by atoms with Crippen molar-refractivity contribution in [3.63, 3.8) is 0 Å². The van der Waals surface area contributed by atoms with Crippen molar-refractivity contribution in [2.75, 3.05) is 32.7 Å². The third-order valence-electron chi connectivity index (χ3n) is 3.11. The van der Waals surface area contributed by atoms with Crippen LogP contribution in [-0.4, -0.2) is 37.6 Å². The van der Waals surface area contributed by atoms with E-state index >= 15 is 0 Å². The van der Waals surface area contributed by atoms with E-state index in [1.54, 1.807) is 12.1 Å². The van der Waals surface area contributed by atoms with Gasteiger partial charge in [0.05, 0.1) is 6.54 Å². The molecule has 0 unspecified atom stereocenters. The molecule has 1 aromatic rings. The molecule has 0 atom stereocenters. The number of benzene rings is 1. The minimum absolute atomic E-state index is 0.113. The summed E-state index contributed by atoms with van der Waals surface area (Å²) >= 11 is 0. The summed E-state index contributed by atoms with van der Waals surface area (Å²) in [5, 5.41) is 3.16. The number of piperazine rings is 1. The van der Waals surface area contributed by atoms with Crippen molar-refractivity contribution in [3.8, 4) is 0 Å². The number of nitrogens with one attached hydrogen (secondary N) is 1. The number of halogens is 2. The molecule has 1 saturated heterocycles. The lowest BCUT2D eigenvalue weighted by molar-refractivity contribution is -0.0400. The molecule has 0 amide bonds. The first kappa shape index (κ1) is 12.5. The van der Waals surface area contributed by atoms with E-state index in [2.05, 4.69) is 5.32 Å². The summed E-state index contributed by atoms with van der Waals surface area (Å²) in [5.41, 5.74) is 1.12. The number of alkyl halides is 2. The van der Waals surface area contributed by atoms with E-state index in [0.29, 0.717) is 13.1 Å². The Morgan fingerprint density at radius 1 is 1.18 bits per heavy atom. The van der Waals surface area contributed by atoms with E-state index < -0.39 is 5.92 Å². The zero-order valence-electron chi connectivity index (χ0n) is 10.0. The molecule has 2 nitrogen and oxygen atoms in total. The van der Waals surface area contributed by atoms with Crippen LogP contribution in [0.4, 0.5) is 8.78 Å². The molecule has 0 saturated carbocycles. The van der Waals surface area contributed by atoms with Crippen molar-refractivity contribution >= 4 is 0 Å². The number of hydrogen-bond acceptors (Lipinski definition) is 2. The summed E-state index contributed by atoms with van der Waals surface area (Å²) < 4.78 is 28.0. The van der Waals surface area contributed by atoms with Crippen LogP contribution in [0.2, 0.25) is 0 Å². The molecule has 0 aromatic heterocycles. The maximum absolute atomic E-state index is 14.0. The lowest BCUT2D eigenvalue weighted by Gasteiger charge is -2.30. The second kappa shape index (κ2) is 5.10. The van der Waals surface area contributed by atoms with E-state index in [4.69, 9.17) is 0 Å². The topological polar surface area (TPSA) is 15.3 Å². The summed E-state index contributed by atoms with van der Waals surface area (Å²) in [6.45, 7) is 4.70. The van der Waals surface area contributed by atoms with Gasteiger partial charge < -0.3 is 5.32 Å². The lowest BCUT2D eigenvalue weighted by Crippen LogP contribution is -2.47. The Hall–Kier alpha value is -1.00. The van der Waals surface area contributed by atoms with Crippen molar-refractivity contribution in [2.45, 2.75) is 12.8 Å². The molecule has 1 aliphatic rings. The molecule has 1 heterocycles. The van der Waals surface area contributed by atoms with E-state index in [-0.39, 0.29) is 12.1 Å². The molecular weight excluding hydrogens is 222 g/mol. The van der Waals surface area contributed by atoms with Gasteiger partial charge in [-0.2, -0.15) is 8.78 Å². The maximum atomic E-state index is 14.0. The minimum atomic E-state index is -2.76. The Morgan fingerprint density at radius 2 is 1.76 bits per heavy atom. The fourth-order valence-electron chi connectivity index (χ4n) is 2.04. The van der Waals surface area contributed by atoms with Gasteiger partial charge in [-0.1, -0.05) is 29.8 Å². The van der Waals surface area contributed by atoms with Crippen LogP contribution in [-0.2, 0) is 5.92 Å². The lowest BCUT2D eigenvalue weighted by atomic mass is 10.1. The minimum Gasteiger partial charge on any atom is -0.314 e. The summed E-state index contributed by atoms with van der Waals surface area (Å²) in [6.07, 6.45) is 0. The van der Waals surface area contributed by atoms with Crippen molar-refractivity contribution in [3.05, 3.63) is 35.4 Å². The molecule has 4 heteroatoms. The first-order chi connectivity index (χ1) is 8.08. The molecule has 0 bridgehead atoms. The fourth-order valence-corrected chi connectivity index (χ4v) is 2.04. The Bertz CT molecular complexity index is 356. The normalized spacial score (nSPS) is 18.3. The van der Waals surface area contributed by atoms with Gasteiger partial charge in [0.2, 0.25) is 0 Å². The standard InChI is InChI=1S/C13H18F2N2/c1-11-2-4-12(5-3-11)13(14,15)10-17-8-6-16-7-9-17/h2-5,16H,6-10H2,1H3. The summed E-state index contributed by atoms with van der Waals surface area (Å²) in [4.78, 5) is 1.82. The van der Waals surface area contributed by atoms with Gasteiger partial charge in [0.1, 0.15) is 0 Å². The SMILES string of the molecule is Cc1ccc(C(F)(F)CN2CCNCC2)cc1. The average Bonchev–Trinajstić information content (AvgIpc) is 2.30. The van der Waals surface area contributed by atoms with Gasteiger partial charge in [-0.25, -0.2) is 0 Å². The monoisotopic (exact) mass is 240 g/mol. The van der Waals surface area contributed by atoms with Crippen LogP contribution in [0.25, 0.3) is 0 Å². The van der Waals surface area contributed by atoms with Crippen LogP contribution in [0.3, 0.4) is 0 Å². The smallest absolute Gasteiger partial charge is 0.285 e. The highest BCUT2D eigenvalue weighted by atomic mass is 19.3. The van der Waals surface area contributed by atoms with Crippen molar-refractivity contribution < 1.29 is 8.78 Å². The average molecular weight is 240 g/mol. The highest BCUT2D eigenvalue weighted by Crippen LogP contribution is 2.29. The predicted molar refractivity (Wildman–Crippen MR) is 64.4 cm³/mol. The first-order valence-corrected chi connectivity index (χ1v) is 5.96. The zero-order valence-corrected chi connectivity index (χ0v) is 10.0. The summed E-state index contributed by atoms with van der Waals surface area (Å²) in [7, 11) is 0. The van der Waals surface area contributed by atoms with Gasteiger partial charge in [0.15, 0.2) is 0 Å².